The summed E-state index contributed by atoms with van der Waals surface area (Å²) in [5.74, 6) is 0. The molecule has 0 aliphatic heterocycles. The molecule has 3 heteroatoms. The van der Waals surface area contributed by atoms with Gasteiger partial charge in [0, 0.05) is 24.5 Å². The number of nitrogens with two attached hydrogens (primary N) is 1. The molecule has 17 heavy (non-hydrogen) atoms. The van der Waals surface area contributed by atoms with E-state index in [2.05, 4.69) is 24.1 Å². The Bertz CT molecular complexity index is 295. The van der Waals surface area contributed by atoms with Crippen molar-refractivity contribution in [3.05, 3.63) is 24.3 Å². The third-order valence-electron chi connectivity index (χ3n) is 2.94. The molecule has 0 spiro atoms. The smallest absolute Gasteiger partial charge is 0.0342 e. The molecule has 0 saturated heterocycles. The van der Waals surface area contributed by atoms with Gasteiger partial charge in [-0.1, -0.05) is 20.3 Å². The van der Waals surface area contributed by atoms with E-state index in [-0.39, 0.29) is 0 Å². The first kappa shape index (κ1) is 13.8. The zero-order valence-corrected chi connectivity index (χ0v) is 11.1. The number of nitrogens with one attached hydrogen (secondary N) is 1. The lowest BCUT2D eigenvalue weighted by molar-refractivity contribution is 0.294. The number of benzene rings is 1. The fraction of sp³-hybridized carbons (Fsp3) is 0.571. The van der Waals surface area contributed by atoms with Gasteiger partial charge in [0.05, 0.1) is 0 Å². The molecule has 96 valence electrons. The molecular formula is C14H25N3. The van der Waals surface area contributed by atoms with Crippen LogP contribution in [0.25, 0.3) is 0 Å². The SMILES string of the molecule is CCCCN(CC)CCNc1ccc(N)cc1. The normalized spacial score (nSPS) is 10.8. The number of anilines is 2. The summed E-state index contributed by atoms with van der Waals surface area (Å²) in [6.07, 6.45) is 2.55. The number of nitrogen functional groups attached to an aromatic ring is 1. The minimum atomic E-state index is 0.814. The maximum atomic E-state index is 5.64. The minimum Gasteiger partial charge on any atom is -0.399 e. The summed E-state index contributed by atoms with van der Waals surface area (Å²) < 4.78 is 0. The molecule has 1 rings (SSSR count). The predicted octanol–water partition coefficient (Wildman–Crippen LogP) is 2.80. The highest BCUT2D eigenvalue weighted by atomic mass is 15.1. The summed E-state index contributed by atoms with van der Waals surface area (Å²) in [5.41, 5.74) is 7.60. The third kappa shape index (κ3) is 5.59. The van der Waals surface area contributed by atoms with Gasteiger partial charge in [-0.25, -0.2) is 0 Å². The van der Waals surface area contributed by atoms with Gasteiger partial charge < -0.3 is 16.0 Å². The largest absolute Gasteiger partial charge is 0.399 e. The van der Waals surface area contributed by atoms with Gasteiger partial charge in [0.15, 0.2) is 0 Å². The van der Waals surface area contributed by atoms with Crippen LogP contribution in [0.5, 0.6) is 0 Å². The zero-order valence-electron chi connectivity index (χ0n) is 11.1. The van der Waals surface area contributed by atoms with E-state index < -0.39 is 0 Å². The third-order valence-corrected chi connectivity index (χ3v) is 2.94. The molecule has 0 bridgehead atoms. The van der Waals surface area contributed by atoms with Crippen molar-refractivity contribution in [2.24, 2.45) is 0 Å². The highest BCUT2D eigenvalue weighted by molar-refractivity contribution is 5.51. The number of hydrogen-bond acceptors (Lipinski definition) is 3. The van der Waals surface area contributed by atoms with Gasteiger partial charge in [0.25, 0.3) is 0 Å². The number of likely N-dealkylation sites (N-methyl/N-ethyl adjacent to an activating group) is 1. The highest BCUT2D eigenvalue weighted by Gasteiger charge is 2.00. The lowest BCUT2D eigenvalue weighted by atomic mass is 10.3. The Balaban J connectivity index is 2.23. The molecule has 1 aromatic rings. The van der Waals surface area contributed by atoms with Crippen LogP contribution in [0.4, 0.5) is 11.4 Å². The fourth-order valence-corrected chi connectivity index (χ4v) is 1.77. The van der Waals surface area contributed by atoms with Crippen molar-refractivity contribution in [2.45, 2.75) is 26.7 Å². The van der Waals surface area contributed by atoms with Gasteiger partial charge in [0.2, 0.25) is 0 Å². The van der Waals surface area contributed by atoms with E-state index in [4.69, 9.17) is 5.73 Å². The van der Waals surface area contributed by atoms with Gasteiger partial charge in [-0.2, -0.15) is 0 Å². The summed E-state index contributed by atoms with van der Waals surface area (Å²) in [7, 11) is 0. The highest BCUT2D eigenvalue weighted by Crippen LogP contribution is 2.09. The van der Waals surface area contributed by atoms with Gasteiger partial charge in [-0.15, -0.1) is 0 Å². The molecule has 0 unspecified atom stereocenters. The van der Waals surface area contributed by atoms with Crippen molar-refractivity contribution in [1.29, 1.82) is 0 Å². The molecule has 0 atom stereocenters. The van der Waals surface area contributed by atoms with Gasteiger partial charge in [-0.05, 0) is 43.8 Å². The summed E-state index contributed by atoms with van der Waals surface area (Å²) in [6.45, 7) is 8.88. The minimum absolute atomic E-state index is 0.814. The number of rotatable bonds is 8. The van der Waals surface area contributed by atoms with E-state index in [1.165, 1.54) is 19.4 Å². The van der Waals surface area contributed by atoms with Crippen molar-refractivity contribution < 1.29 is 0 Å². The quantitative estimate of drug-likeness (QED) is 0.681. The maximum absolute atomic E-state index is 5.64. The van der Waals surface area contributed by atoms with Crippen LogP contribution in [-0.4, -0.2) is 31.1 Å². The van der Waals surface area contributed by atoms with Crippen LogP contribution < -0.4 is 11.1 Å². The van der Waals surface area contributed by atoms with Crippen LogP contribution in [0.3, 0.4) is 0 Å². The lowest BCUT2D eigenvalue weighted by Crippen LogP contribution is -2.29. The Morgan fingerprint density at radius 2 is 1.82 bits per heavy atom. The van der Waals surface area contributed by atoms with Crippen LogP contribution in [0.2, 0.25) is 0 Å². The summed E-state index contributed by atoms with van der Waals surface area (Å²) in [4.78, 5) is 2.48. The lowest BCUT2D eigenvalue weighted by Gasteiger charge is -2.20. The Hall–Kier alpha value is -1.22. The second-order valence-corrected chi connectivity index (χ2v) is 4.34. The number of hydrogen-bond donors (Lipinski definition) is 2. The molecule has 0 aliphatic rings. The van der Waals surface area contributed by atoms with E-state index in [0.717, 1.165) is 31.0 Å². The molecular weight excluding hydrogens is 210 g/mol. The zero-order chi connectivity index (χ0) is 12.5. The van der Waals surface area contributed by atoms with Crippen molar-refractivity contribution in [2.75, 3.05) is 37.2 Å². The monoisotopic (exact) mass is 235 g/mol. The van der Waals surface area contributed by atoms with Gasteiger partial charge >= 0.3 is 0 Å². The molecule has 0 aromatic heterocycles. The summed E-state index contributed by atoms with van der Waals surface area (Å²) in [6, 6.07) is 7.91. The van der Waals surface area contributed by atoms with E-state index in [0.29, 0.717) is 0 Å². The Morgan fingerprint density at radius 3 is 2.41 bits per heavy atom. The van der Waals surface area contributed by atoms with Gasteiger partial charge in [0.1, 0.15) is 0 Å². The van der Waals surface area contributed by atoms with Crippen LogP contribution in [0.1, 0.15) is 26.7 Å². The Labute approximate surface area is 105 Å². The molecule has 0 saturated carbocycles. The molecule has 0 heterocycles. The molecule has 1 aromatic carbocycles. The maximum Gasteiger partial charge on any atom is 0.0342 e. The predicted molar refractivity (Wildman–Crippen MR) is 76.4 cm³/mol. The van der Waals surface area contributed by atoms with E-state index in [1.807, 2.05) is 24.3 Å². The second kappa shape index (κ2) is 7.96. The fourth-order valence-electron chi connectivity index (χ4n) is 1.77. The number of nitrogens with zero attached hydrogens (tertiary/aromatic N) is 1. The van der Waals surface area contributed by atoms with Gasteiger partial charge in [-0.3, -0.25) is 0 Å². The van der Waals surface area contributed by atoms with E-state index >= 15 is 0 Å². The Morgan fingerprint density at radius 1 is 1.12 bits per heavy atom. The van der Waals surface area contributed by atoms with Crippen LogP contribution in [0, 0.1) is 0 Å². The molecule has 0 radical (unpaired) electrons. The summed E-state index contributed by atoms with van der Waals surface area (Å²) >= 11 is 0. The van der Waals surface area contributed by atoms with Crippen molar-refractivity contribution in [3.8, 4) is 0 Å². The molecule has 0 fully saturated rings. The molecule has 0 amide bonds. The van der Waals surface area contributed by atoms with Crippen LogP contribution in [0.15, 0.2) is 24.3 Å². The summed E-state index contributed by atoms with van der Waals surface area (Å²) in [5, 5.41) is 3.42. The standard InChI is InChI=1S/C14H25N3/c1-3-5-11-17(4-2)12-10-16-14-8-6-13(15)7-9-14/h6-9,16H,3-5,10-12,15H2,1-2H3. The van der Waals surface area contributed by atoms with Crippen molar-refractivity contribution in [1.82, 2.24) is 4.90 Å². The average Bonchev–Trinajstić information content (AvgIpc) is 2.36. The first-order chi connectivity index (χ1) is 8.26. The van der Waals surface area contributed by atoms with E-state index in [1.54, 1.807) is 0 Å². The average molecular weight is 235 g/mol. The van der Waals surface area contributed by atoms with E-state index in [9.17, 15) is 0 Å². The van der Waals surface area contributed by atoms with Crippen LogP contribution >= 0.6 is 0 Å². The number of unbranched alkanes of at least 4 members (excludes halogenated alkanes) is 1. The second-order valence-electron chi connectivity index (χ2n) is 4.34. The molecule has 3 nitrogen and oxygen atoms in total. The Kier molecular flexibility index (Phi) is 6.48. The van der Waals surface area contributed by atoms with Crippen LogP contribution in [-0.2, 0) is 0 Å². The topological polar surface area (TPSA) is 41.3 Å². The van der Waals surface area contributed by atoms with Crippen molar-refractivity contribution >= 4 is 11.4 Å². The first-order valence-corrected chi connectivity index (χ1v) is 6.58. The first-order valence-electron chi connectivity index (χ1n) is 6.58. The molecule has 3 N–H and O–H groups in total. The molecule has 0 aliphatic carbocycles. The van der Waals surface area contributed by atoms with Crippen molar-refractivity contribution in [3.63, 3.8) is 0 Å².